The molecule has 3 aromatic rings. The molecule has 1 aromatic carbocycles. The van der Waals surface area contributed by atoms with Gasteiger partial charge in [0.05, 0.1) is 12.2 Å². The number of guanidine groups is 1. The third kappa shape index (κ3) is 5.23. The van der Waals surface area contributed by atoms with Crippen LogP contribution in [0.25, 0.3) is 5.82 Å². The first-order valence-corrected chi connectivity index (χ1v) is 11.0. The molecule has 4 rings (SSSR count). The summed E-state index contributed by atoms with van der Waals surface area (Å²) < 4.78 is 1.87. The van der Waals surface area contributed by atoms with E-state index in [2.05, 4.69) is 75.0 Å². The number of rotatable bonds is 6. The second-order valence-electron chi connectivity index (χ2n) is 7.97. The summed E-state index contributed by atoms with van der Waals surface area (Å²) in [5.41, 5.74) is 4.42. The predicted molar refractivity (Wildman–Crippen MR) is 126 cm³/mol. The first-order valence-electron chi connectivity index (χ1n) is 11.0. The molecule has 1 unspecified atom stereocenters. The van der Waals surface area contributed by atoms with E-state index in [1.54, 1.807) is 0 Å². The highest BCUT2D eigenvalue weighted by Crippen LogP contribution is 2.19. The maximum Gasteiger partial charge on any atom is 0.191 e. The molecule has 162 valence electrons. The molecule has 7 heteroatoms. The smallest absolute Gasteiger partial charge is 0.191 e. The number of pyridine rings is 1. The first kappa shape index (κ1) is 20.9. The lowest BCUT2D eigenvalue weighted by molar-refractivity contribution is 0.649. The fraction of sp³-hybridized carbons (Fsp3) is 0.375. The Morgan fingerprint density at radius 1 is 1.16 bits per heavy atom. The van der Waals surface area contributed by atoms with Gasteiger partial charge in [-0.2, -0.15) is 5.10 Å². The molecule has 0 bridgehead atoms. The molecular weight excluding hydrogens is 386 g/mol. The summed E-state index contributed by atoms with van der Waals surface area (Å²) in [6, 6.07) is 17.1. The highest BCUT2D eigenvalue weighted by Gasteiger charge is 2.23. The van der Waals surface area contributed by atoms with Crippen molar-refractivity contribution in [3.63, 3.8) is 0 Å². The van der Waals surface area contributed by atoms with E-state index >= 15 is 0 Å². The zero-order chi connectivity index (χ0) is 21.6. The Balaban J connectivity index is 1.37. The molecule has 2 N–H and O–H groups in total. The van der Waals surface area contributed by atoms with Gasteiger partial charge in [0.1, 0.15) is 0 Å². The highest BCUT2D eigenvalue weighted by molar-refractivity contribution is 5.80. The van der Waals surface area contributed by atoms with Crippen molar-refractivity contribution in [2.24, 2.45) is 4.99 Å². The van der Waals surface area contributed by atoms with Gasteiger partial charge in [-0.15, -0.1) is 0 Å². The van der Waals surface area contributed by atoms with Gasteiger partial charge in [0.25, 0.3) is 0 Å². The number of aromatic nitrogens is 3. The molecule has 0 amide bonds. The lowest BCUT2D eigenvalue weighted by Gasteiger charge is -2.20. The van der Waals surface area contributed by atoms with Gasteiger partial charge in [0.2, 0.25) is 0 Å². The molecule has 1 aliphatic rings. The van der Waals surface area contributed by atoms with E-state index in [4.69, 9.17) is 4.99 Å². The van der Waals surface area contributed by atoms with Crippen molar-refractivity contribution in [1.82, 2.24) is 25.4 Å². The third-order valence-corrected chi connectivity index (χ3v) is 5.45. The van der Waals surface area contributed by atoms with E-state index in [-0.39, 0.29) is 0 Å². The lowest BCUT2D eigenvalue weighted by atomic mass is 10.2. The topological polar surface area (TPSA) is 70.4 Å². The monoisotopic (exact) mass is 417 g/mol. The molecule has 7 nitrogen and oxygen atoms in total. The van der Waals surface area contributed by atoms with Crippen LogP contribution in [0.2, 0.25) is 0 Å². The zero-order valence-electron chi connectivity index (χ0n) is 18.5. The SMILES string of the molecule is CCNC(=NCc1ccc(-n2nc(C)cc2C)nc1)NC1CCN(c2ccccc2)C1. The largest absolute Gasteiger partial charge is 0.369 e. The molecule has 1 atom stereocenters. The second kappa shape index (κ2) is 9.64. The van der Waals surface area contributed by atoms with Crippen LogP contribution in [0.4, 0.5) is 5.69 Å². The number of benzene rings is 1. The minimum absolute atomic E-state index is 0.379. The first-order chi connectivity index (χ1) is 15.1. The molecule has 0 spiro atoms. The molecule has 31 heavy (non-hydrogen) atoms. The number of aliphatic imine (C=N–C) groups is 1. The molecule has 0 saturated carbocycles. The molecule has 3 heterocycles. The molecule has 2 aromatic heterocycles. The number of hydrogen-bond donors (Lipinski definition) is 2. The van der Waals surface area contributed by atoms with Crippen LogP contribution in [0, 0.1) is 13.8 Å². The molecule has 0 aliphatic carbocycles. The quantitative estimate of drug-likeness (QED) is 0.476. The van der Waals surface area contributed by atoms with Gasteiger partial charge in [0, 0.05) is 43.3 Å². The van der Waals surface area contributed by atoms with Gasteiger partial charge in [-0.05, 0) is 57.0 Å². The van der Waals surface area contributed by atoms with Crippen LogP contribution in [-0.4, -0.2) is 46.4 Å². The van der Waals surface area contributed by atoms with Crippen molar-refractivity contribution in [3.05, 3.63) is 71.7 Å². The minimum atomic E-state index is 0.379. The summed E-state index contributed by atoms with van der Waals surface area (Å²) in [5, 5.41) is 11.5. The fourth-order valence-corrected chi connectivity index (χ4v) is 3.93. The Kier molecular flexibility index (Phi) is 6.50. The Morgan fingerprint density at radius 3 is 2.68 bits per heavy atom. The highest BCUT2D eigenvalue weighted by atomic mass is 15.3. The van der Waals surface area contributed by atoms with Crippen molar-refractivity contribution in [3.8, 4) is 5.82 Å². The van der Waals surface area contributed by atoms with Crippen molar-refractivity contribution in [2.75, 3.05) is 24.5 Å². The molecule has 0 radical (unpaired) electrons. The van der Waals surface area contributed by atoms with Gasteiger partial charge in [-0.1, -0.05) is 24.3 Å². The van der Waals surface area contributed by atoms with Gasteiger partial charge in [0.15, 0.2) is 11.8 Å². The van der Waals surface area contributed by atoms with E-state index in [0.717, 1.165) is 54.8 Å². The number of anilines is 1. The number of nitrogens with one attached hydrogen (secondary N) is 2. The molecular formula is C24H31N7. The Bertz CT molecular complexity index is 1010. The van der Waals surface area contributed by atoms with Crippen LogP contribution in [0.15, 0.2) is 59.7 Å². The van der Waals surface area contributed by atoms with E-state index in [9.17, 15) is 0 Å². The average Bonchev–Trinajstić information content (AvgIpc) is 3.39. The number of para-hydroxylation sites is 1. The lowest BCUT2D eigenvalue weighted by Crippen LogP contribution is -2.44. The maximum atomic E-state index is 4.78. The van der Waals surface area contributed by atoms with Crippen molar-refractivity contribution in [1.29, 1.82) is 0 Å². The normalized spacial score (nSPS) is 16.5. The summed E-state index contributed by atoms with van der Waals surface area (Å²) in [6.07, 6.45) is 2.98. The van der Waals surface area contributed by atoms with Crippen molar-refractivity contribution >= 4 is 11.6 Å². The zero-order valence-corrected chi connectivity index (χ0v) is 18.5. The van der Waals surface area contributed by atoms with Gasteiger partial charge in [-0.3, -0.25) is 0 Å². The summed E-state index contributed by atoms with van der Waals surface area (Å²) in [6.45, 7) is 9.56. The van der Waals surface area contributed by atoms with Gasteiger partial charge < -0.3 is 15.5 Å². The maximum absolute atomic E-state index is 4.78. The van der Waals surface area contributed by atoms with Crippen molar-refractivity contribution < 1.29 is 0 Å². The van der Waals surface area contributed by atoms with E-state index in [1.165, 1.54) is 5.69 Å². The van der Waals surface area contributed by atoms with Crippen LogP contribution in [0.5, 0.6) is 0 Å². The Morgan fingerprint density at radius 2 is 2.00 bits per heavy atom. The second-order valence-corrected chi connectivity index (χ2v) is 7.97. The number of hydrogen-bond acceptors (Lipinski definition) is 4. The minimum Gasteiger partial charge on any atom is -0.369 e. The van der Waals surface area contributed by atoms with E-state index < -0.39 is 0 Å². The van der Waals surface area contributed by atoms with Crippen LogP contribution in [0.3, 0.4) is 0 Å². The Labute approximate surface area is 184 Å². The standard InChI is InChI=1S/C24H31N7/c1-4-25-24(28-21-12-13-30(17-21)22-8-6-5-7-9-22)27-16-20-10-11-23(26-15-20)31-19(3)14-18(2)29-31/h5-11,14-15,21H,4,12-13,16-17H2,1-3H3,(H2,25,27,28). The Hall–Kier alpha value is -3.35. The van der Waals surface area contributed by atoms with Crippen LogP contribution >= 0.6 is 0 Å². The van der Waals surface area contributed by atoms with Gasteiger partial charge >= 0.3 is 0 Å². The van der Waals surface area contributed by atoms with Gasteiger partial charge in [-0.25, -0.2) is 14.7 Å². The van der Waals surface area contributed by atoms with Crippen LogP contribution in [-0.2, 0) is 6.54 Å². The fourth-order valence-electron chi connectivity index (χ4n) is 3.93. The summed E-state index contributed by atoms with van der Waals surface area (Å²) >= 11 is 0. The number of aryl methyl sites for hydroxylation is 2. The van der Waals surface area contributed by atoms with Crippen molar-refractivity contribution in [2.45, 2.75) is 39.8 Å². The molecule has 1 fully saturated rings. The predicted octanol–water partition coefficient (Wildman–Crippen LogP) is 3.22. The third-order valence-electron chi connectivity index (χ3n) is 5.45. The van der Waals surface area contributed by atoms with Crippen LogP contribution in [0.1, 0.15) is 30.3 Å². The summed E-state index contributed by atoms with van der Waals surface area (Å²) in [5.74, 6) is 1.68. The summed E-state index contributed by atoms with van der Waals surface area (Å²) in [4.78, 5) is 11.8. The number of nitrogens with zero attached hydrogens (tertiary/aromatic N) is 5. The van der Waals surface area contributed by atoms with E-state index in [1.807, 2.05) is 30.8 Å². The summed E-state index contributed by atoms with van der Waals surface area (Å²) in [7, 11) is 0. The molecule has 1 saturated heterocycles. The van der Waals surface area contributed by atoms with Crippen LogP contribution < -0.4 is 15.5 Å². The molecule has 1 aliphatic heterocycles. The average molecular weight is 418 g/mol. The van der Waals surface area contributed by atoms with E-state index in [0.29, 0.717) is 12.6 Å².